The van der Waals surface area contributed by atoms with Crippen molar-refractivity contribution in [2.24, 2.45) is 0 Å². The molecule has 0 spiro atoms. The molecule has 23 heavy (non-hydrogen) atoms. The van der Waals surface area contributed by atoms with Crippen LogP contribution in [0.4, 0.5) is 5.69 Å². The second-order valence-corrected chi connectivity index (χ2v) is 5.29. The number of H-pyrrole nitrogens is 1. The lowest BCUT2D eigenvalue weighted by Gasteiger charge is -2.05. The van der Waals surface area contributed by atoms with Crippen LogP contribution >= 0.6 is 0 Å². The van der Waals surface area contributed by atoms with Gasteiger partial charge in [0.2, 0.25) is 0 Å². The third-order valence-electron chi connectivity index (χ3n) is 3.67. The third-order valence-corrected chi connectivity index (χ3v) is 3.67. The number of carbonyl (C=O) groups is 1. The van der Waals surface area contributed by atoms with Gasteiger partial charge in [-0.3, -0.25) is 0 Å². The Bertz CT molecular complexity index is 910. The highest BCUT2D eigenvalue weighted by atomic mass is 16.4. The molecule has 5 heteroatoms. The van der Waals surface area contributed by atoms with Crippen LogP contribution in [-0.4, -0.2) is 21.2 Å². The number of fused-ring (bicyclic) bond motifs is 1. The van der Waals surface area contributed by atoms with Crippen LogP contribution in [0.25, 0.3) is 17.0 Å². The van der Waals surface area contributed by atoms with Crippen molar-refractivity contribution in [3.8, 4) is 5.75 Å². The number of aromatic nitrogens is 1. The number of rotatable bonds is 4. The van der Waals surface area contributed by atoms with Gasteiger partial charge in [0, 0.05) is 34.6 Å². The van der Waals surface area contributed by atoms with E-state index in [4.69, 9.17) is 5.11 Å². The molecular formula is C18H16N2O3. The van der Waals surface area contributed by atoms with E-state index >= 15 is 0 Å². The lowest BCUT2D eigenvalue weighted by Crippen LogP contribution is -1.95. The monoisotopic (exact) mass is 308 g/mol. The quantitative estimate of drug-likeness (QED) is 0.550. The number of carboxylic acid groups (broad SMARTS) is 1. The lowest BCUT2D eigenvalue weighted by molar-refractivity contribution is 0.0697. The number of aryl methyl sites for hydroxylation is 1. The summed E-state index contributed by atoms with van der Waals surface area (Å²) < 4.78 is 0. The number of aromatic amines is 1. The van der Waals surface area contributed by atoms with Gasteiger partial charge in [-0.25, -0.2) is 4.79 Å². The molecule has 0 aliphatic heterocycles. The summed E-state index contributed by atoms with van der Waals surface area (Å²) in [6.45, 7) is 1.90. The molecule has 0 atom stereocenters. The van der Waals surface area contributed by atoms with E-state index < -0.39 is 5.97 Å². The Morgan fingerprint density at radius 1 is 1.22 bits per heavy atom. The summed E-state index contributed by atoms with van der Waals surface area (Å²) in [5, 5.41) is 22.5. The number of aromatic hydroxyl groups is 1. The Kier molecular flexibility index (Phi) is 3.76. The molecule has 2 aromatic carbocycles. The Hall–Kier alpha value is -3.21. The maximum absolute atomic E-state index is 11.1. The molecule has 4 N–H and O–H groups in total. The predicted octanol–water partition coefficient (Wildman–Crippen LogP) is 3.96. The van der Waals surface area contributed by atoms with E-state index in [1.807, 2.05) is 19.2 Å². The number of aromatic carboxylic acids is 1. The molecule has 0 radical (unpaired) electrons. The number of hydrogen-bond donors (Lipinski definition) is 4. The molecule has 0 amide bonds. The van der Waals surface area contributed by atoms with Crippen molar-refractivity contribution in [3.63, 3.8) is 0 Å². The maximum atomic E-state index is 11.1. The fourth-order valence-corrected chi connectivity index (χ4v) is 2.44. The summed E-state index contributed by atoms with van der Waals surface area (Å²) in [6, 6.07) is 10.1. The largest absolute Gasteiger partial charge is 0.508 e. The minimum atomic E-state index is -0.944. The molecule has 1 heterocycles. The Labute approximate surface area is 132 Å². The molecule has 0 aliphatic rings. The molecule has 0 aliphatic carbocycles. The van der Waals surface area contributed by atoms with Crippen molar-refractivity contribution < 1.29 is 15.0 Å². The molecule has 3 aromatic rings. The van der Waals surface area contributed by atoms with Gasteiger partial charge in [-0.2, -0.15) is 0 Å². The number of nitrogens with one attached hydrogen (secondary N) is 2. The second kappa shape index (κ2) is 5.88. The van der Waals surface area contributed by atoms with E-state index in [2.05, 4.69) is 10.3 Å². The van der Waals surface area contributed by atoms with Crippen LogP contribution < -0.4 is 5.32 Å². The van der Waals surface area contributed by atoms with Crippen LogP contribution in [0.5, 0.6) is 5.75 Å². The second-order valence-electron chi connectivity index (χ2n) is 5.29. The summed E-state index contributed by atoms with van der Waals surface area (Å²) in [5.74, 6) is -0.712. The first kappa shape index (κ1) is 14.7. The summed E-state index contributed by atoms with van der Waals surface area (Å²) >= 11 is 0. The van der Waals surface area contributed by atoms with E-state index in [-0.39, 0.29) is 11.3 Å². The standard InChI is InChI=1S/C18H16N2O3/c1-11-8-14(21)3-5-16(11)19-7-6-13-10-20-17-4-2-12(18(22)23)9-15(13)17/h2-10,19-21H,1H3,(H,22,23)/b7-6+. The summed E-state index contributed by atoms with van der Waals surface area (Å²) in [5.41, 5.74) is 3.86. The molecule has 5 nitrogen and oxygen atoms in total. The van der Waals surface area contributed by atoms with Crippen LogP contribution in [0.2, 0.25) is 0 Å². The molecule has 116 valence electrons. The van der Waals surface area contributed by atoms with E-state index in [9.17, 15) is 9.90 Å². The Balaban J connectivity index is 1.86. The van der Waals surface area contributed by atoms with Gasteiger partial charge < -0.3 is 20.5 Å². The maximum Gasteiger partial charge on any atom is 0.335 e. The van der Waals surface area contributed by atoms with Gasteiger partial charge in [-0.05, 0) is 55.0 Å². The van der Waals surface area contributed by atoms with Crippen molar-refractivity contribution >= 4 is 28.6 Å². The normalized spacial score (nSPS) is 11.2. The minimum absolute atomic E-state index is 0.231. The summed E-state index contributed by atoms with van der Waals surface area (Å²) in [7, 11) is 0. The lowest BCUT2D eigenvalue weighted by atomic mass is 10.1. The SMILES string of the molecule is Cc1cc(O)ccc1N/C=C/c1c[nH]c2ccc(C(=O)O)cc12. The van der Waals surface area contributed by atoms with Gasteiger partial charge in [0.05, 0.1) is 5.56 Å². The number of carboxylic acids is 1. The Morgan fingerprint density at radius 2 is 2.04 bits per heavy atom. The van der Waals surface area contributed by atoms with Crippen molar-refractivity contribution in [3.05, 3.63) is 65.5 Å². The third kappa shape index (κ3) is 3.03. The van der Waals surface area contributed by atoms with Crippen molar-refractivity contribution in [2.45, 2.75) is 6.92 Å². The minimum Gasteiger partial charge on any atom is -0.508 e. The molecule has 0 saturated carbocycles. The zero-order valence-electron chi connectivity index (χ0n) is 12.5. The molecule has 1 aromatic heterocycles. The average molecular weight is 308 g/mol. The number of phenolic OH excluding ortho intramolecular Hbond substituents is 1. The zero-order chi connectivity index (χ0) is 16.4. The molecule has 3 rings (SSSR count). The van der Waals surface area contributed by atoms with Gasteiger partial charge in [0.15, 0.2) is 0 Å². The van der Waals surface area contributed by atoms with Gasteiger partial charge in [-0.1, -0.05) is 0 Å². The van der Waals surface area contributed by atoms with Crippen molar-refractivity contribution in [1.29, 1.82) is 0 Å². The number of anilines is 1. The molecule has 0 bridgehead atoms. The predicted molar refractivity (Wildman–Crippen MR) is 90.8 cm³/mol. The topological polar surface area (TPSA) is 85.4 Å². The van der Waals surface area contributed by atoms with E-state index in [0.29, 0.717) is 0 Å². The van der Waals surface area contributed by atoms with Crippen LogP contribution in [-0.2, 0) is 0 Å². The molecular weight excluding hydrogens is 292 g/mol. The Morgan fingerprint density at radius 3 is 2.78 bits per heavy atom. The molecule has 0 fully saturated rings. The van der Waals surface area contributed by atoms with Crippen molar-refractivity contribution in [1.82, 2.24) is 4.98 Å². The first-order valence-electron chi connectivity index (χ1n) is 7.12. The van der Waals surface area contributed by atoms with Gasteiger partial charge >= 0.3 is 5.97 Å². The number of benzene rings is 2. The highest BCUT2D eigenvalue weighted by Gasteiger charge is 2.06. The molecule has 0 saturated heterocycles. The number of hydrogen-bond acceptors (Lipinski definition) is 3. The van der Waals surface area contributed by atoms with Gasteiger partial charge in [0.1, 0.15) is 5.75 Å². The first-order valence-corrected chi connectivity index (χ1v) is 7.12. The highest BCUT2D eigenvalue weighted by molar-refractivity contribution is 5.96. The molecule has 0 unspecified atom stereocenters. The van der Waals surface area contributed by atoms with Gasteiger partial charge in [0.25, 0.3) is 0 Å². The smallest absolute Gasteiger partial charge is 0.335 e. The average Bonchev–Trinajstić information content (AvgIpc) is 2.92. The van der Waals surface area contributed by atoms with Crippen molar-refractivity contribution in [2.75, 3.05) is 5.32 Å². The van der Waals surface area contributed by atoms with Gasteiger partial charge in [-0.15, -0.1) is 0 Å². The highest BCUT2D eigenvalue weighted by Crippen LogP contribution is 2.23. The van der Waals surface area contributed by atoms with E-state index in [0.717, 1.165) is 27.7 Å². The summed E-state index contributed by atoms with van der Waals surface area (Å²) in [6.07, 6.45) is 5.49. The fourth-order valence-electron chi connectivity index (χ4n) is 2.44. The first-order chi connectivity index (χ1) is 11.0. The summed E-state index contributed by atoms with van der Waals surface area (Å²) in [4.78, 5) is 14.2. The zero-order valence-corrected chi connectivity index (χ0v) is 12.5. The van der Waals surface area contributed by atoms with Crippen LogP contribution in [0.1, 0.15) is 21.5 Å². The van der Waals surface area contributed by atoms with E-state index in [1.54, 1.807) is 42.6 Å². The van der Waals surface area contributed by atoms with Crippen LogP contribution in [0.3, 0.4) is 0 Å². The van der Waals surface area contributed by atoms with Crippen LogP contribution in [0, 0.1) is 6.92 Å². The fraction of sp³-hybridized carbons (Fsp3) is 0.0556. The van der Waals surface area contributed by atoms with Crippen LogP contribution in [0.15, 0.2) is 48.8 Å². The van der Waals surface area contributed by atoms with E-state index in [1.165, 1.54) is 0 Å². The number of phenols is 1.